The first-order chi connectivity index (χ1) is 8.78. The monoisotopic (exact) mass is 255 g/mol. The number of para-hydroxylation sites is 1. The molecular weight excluding hydrogens is 238 g/mol. The van der Waals surface area contributed by atoms with Crippen LogP contribution in [-0.4, -0.2) is 5.71 Å². The highest BCUT2D eigenvalue weighted by Crippen LogP contribution is 2.51. The number of rotatable bonds is 0. The molecule has 1 aliphatic rings. The molecule has 1 aliphatic carbocycles. The van der Waals surface area contributed by atoms with E-state index in [0.717, 1.165) is 10.9 Å². The van der Waals surface area contributed by atoms with Gasteiger partial charge in [0.15, 0.2) is 0 Å². The highest BCUT2D eigenvalue weighted by atomic mass is 16.4. The summed E-state index contributed by atoms with van der Waals surface area (Å²) in [6.45, 7) is 8.06. The van der Waals surface area contributed by atoms with Gasteiger partial charge in [0.1, 0.15) is 5.58 Å². The fourth-order valence-corrected chi connectivity index (χ4v) is 2.91. The molecule has 0 bridgehead atoms. The molecule has 2 aromatic rings. The van der Waals surface area contributed by atoms with Gasteiger partial charge in [-0.3, -0.25) is 0 Å². The Morgan fingerprint density at radius 3 is 2.37 bits per heavy atom. The normalized spacial score (nSPS) is 19.7. The standard InChI is InChI=1S/C16H17NO2/c1-15(2)12-11(13(17)16(15,3)4)9-7-5-6-8-10(9)19-14(12)18/h5-8,17H,1-4H3. The van der Waals surface area contributed by atoms with Gasteiger partial charge in [-0.15, -0.1) is 0 Å². The highest BCUT2D eigenvalue weighted by Gasteiger charge is 2.52. The van der Waals surface area contributed by atoms with E-state index in [2.05, 4.69) is 0 Å². The van der Waals surface area contributed by atoms with Gasteiger partial charge < -0.3 is 9.83 Å². The van der Waals surface area contributed by atoms with Gasteiger partial charge in [-0.25, -0.2) is 4.79 Å². The molecule has 0 spiro atoms. The van der Waals surface area contributed by atoms with E-state index in [-0.39, 0.29) is 11.0 Å². The maximum Gasteiger partial charge on any atom is 0.340 e. The molecule has 3 nitrogen and oxygen atoms in total. The lowest BCUT2D eigenvalue weighted by Crippen LogP contribution is -2.37. The molecule has 0 saturated carbocycles. The summed E-state index contributed by atoms with van der Waals surface area (Å²) in [4.78, 5) is 12.3. The molecule has 0 fully saturated rings. The van der Waals surface area contributed by atoms with Crippen LogP contribution in [-0.2, 0) is 5.41 Å². The van der Waals surface area contributed by atoms with Gasteiger partial charge in [0.2, 0.25) is 0 Å². The van der Waals surface area contributed by atoms with Crippen molar-refractivity contribution in [1.29, 1.82) is 5.41 Å². The minimum atomic E-state index is -0.399. The van der Waals surface area contributed by atoms with Crippen molar-refractivity contribution in [1.82, 2.24) is 0 Å². The second-order valence-corrected chi connectivity index (χ2v) is 6.26. The SMILES string of the molecule is CC1(C)C(=N)c2c(c(=O)oc3ccccc23)C1(C)C. The summed E-state index contributed by atoms with van der Waals surface area (Å²) in [5.74, 6) is 0. The number of hydrogen-bond acceptors (Lipinski definition) is 3. The van der Waals surface area contributed by atoms with Crippen molar-refractivity contribution in [2.75, 3.05) is 0 Å². The molecule has 0 saturated heterocycles. The van der Waals surface area contributed by atoms with E-state index < -0.39 is 5.41 Å². The summed E-state index contributed by atoms with van der Waals surface area (Å²) >= 11 is 0. The van der Waals surface area contributed by atoms with Crippen LogP contribution < -0.4 is 5.63 Å². The minimum absolute atomic E-state index is 0.311. The van der Waals surface area contributed by atoms with E-state index in [9.17, 15) is 4.79 Å². The molecule has 0 aliphatic heterocycles. The van der Waals surface area contributed by atoms with Crippen LogP contribution in [0.2, 0.25) is 0 Å². The molecular formula is C16H17NO2. The molecule has 0 unspecified atom stereocenters. The number of hydrogen-bond donors (Lipinski definition) is 1. The Morgan fingerprint density at radius 2 is 1.68 bits per heavy atom. The van der Waals surface area contributed by atoms with Crippen LogP contribution in [0.3, 0.4) is 0 Å². The number of fused-ring (bicyclic) bond motifs is 3. The zero-order chi connectivity index (χ0) is 14.0. The molecule has 0 radical (unpaired) electrons. The fraction of sp³-hybridized carbons (Fsp3) is 0.375. The molecule has 3 rings (SSSR count). The fourth-order valence-electron chi connectivity index (χ4n) is 2.91. The largest absolute Gasteiger partial charge is 0.422 e. The first-order valence-electron chi connectivity index (χ1n) is 6.44. The van der Waals surface area contributed by atoms with Crippen LogP contribution in [0.15, 0.2) is 33.5 Å². The molecule has 19 heavy (non-hydrogen) atoms. The number of nitrogens with one attached hydrogen (secondary N) is 1. The van der Waals surface area contributed by atoms with Crippen molar-refractivity contribution in [3.63, 3.8) is 0 Å². The summed E-state index contributed by atoms with van der Waals surface area (Å²) in [5, 5.41) is 9.35. The Morgan fingerprint density at radius 1 is 1.05 bits per heavy atom. The zero-order valence-corrected chi connectivity index (χ0v) is 11.6. The predicted molar refractivity (Wildman–Crippen MR) is 76.1 cm³/mol. The van der Waals surface area contributed by atoms with Crippen molar-refractivity contribution < 1.29 is 4.42 Å². The zero-order valence-electron chi connectivity index (χ0n) is 11.6. The van der Waals surface area contributed by atoms with Gasteiger partial charge in [0.05, 0.1) is 5.56 Å². The van der Waals surface area contributed by atoms with Crippen molar-refractivity contribution in [3.05, 3.63) is 45.8 Å². The second-order valence-electron chi connectivity index (χ2n) is 6.26. The minimum Gasteiger partial charge on any atom is -0.422 e. The van der Waals surface area contributed by atoms with Crippen LogP contribution in [0, 0.1) is 10.8 Å². The molecule has 1 aromatic heterocycles. The van der Waals surface area contributed by atoms with Gasteiger partial charge in [-0.05, 0) is 6.07 Å². The Bertz CT molecular complexity index is 766. The molecule has 1 heterocycles. The molecule has 0 atom stereocenters. The lowest BCUT2D eigenvalue weighted by molar-refractivity contribution is 0.302. The smallest absolute Gasteiger partial charge is 0.340 e. The Hall–Kier alpha value is -1.90. The Balaban J connectivity index is 2.56. The van der Waals surface area contributed by atoms with Crippen LogP contribution in [0.4, 0.5) is 0 Å². The van der Waals surface area contributed by atoms with E-state index >= 15 is 0 Å². The van der Waals surface area contributed by atoms with E-state index in [1.54, 1.807) is 6.07 Å². The van der Waals surface area contributed by atoms with Crippen LogP contribution in [0.1, 0.15) is 38.8 Å². The van der Waals surface area contributed by atoms with E-state index in [4.69, 9.17) is 9.83 Å². The second kappa shape index (κ2) is 3.35. The Kier molecular flexibility index (Phi) is 2.14. The summed E-state index contributed by atoms with van der Waals surface area (Å²) in [7, 11) is 0. The van der Waals surface area contributed by atoms with Gasteiger partial charge in [-0.1, -0.05) is 45.9 Å². The highest BCUT2D eigenvalue weighted by molar-refractivity contribution is 6.15. The first-order valence-corrected chi connectivity index (χ1v) is 6.44. The lowest BCUT2D eigenvalue weighted by atomic mass is 9.68. The van der Waals surface area contributed by atoms with E-state index in [0.29, 0.717) is 16.9 Å². The third kappa shape index (κ3) is 1.28. The molecule has 3 heteroatoms. The maximum absolute atomic E-state index is 12.3. The van der Waals surface area contributed by atoms with Gasteiger partial charge >= 0.3 is 5.63 Å². The topological polar surface area (TPSA) is 54.1 Å². The molecule has 1 N–H and O–H groups in total. The number of benzene rings is 1. The summed E-state index contributed by atoms with van der Waals surface area (Å²) in [5.41, 5.74) is 1.40. The van der Waals surface area contributed by atoms with Crippen molar-refractivity contribution in [2.24, 2.45) is 5.41 Å². The summed E-state index contributed by atoms with van der Waals surface area (Å²) < 4.78 is 5.43. The van der Waals surface area contributed by atoms with Crippen LogP contribution in [0.25, 0.3) is 11.0 Å². The average molecular weight is 255 g/mol. The van der Waals surface area contributed by atoms with E-state index in [1.807, 2.05) is 45.9 Å². The van der Waals surface area contributed by atoms with Crippen LogP contribution >= 0.6 is 0 Å². The van der Waals surface area contributed by atoms with E-state index in [1.165, 1.54) is 0 Å². The third-order valence-corrected chi connectivity index (χ3v) is 4.88. The lowest BCUT2D eigenvalue weighted by Gasteiger charge is -2.34. The quantitative estimate of drug-likeness (QED) is 0.733. The summed E-state index contributed by atoms with van der Waals surface area (Å²) in [6, 6.07) is 7.45. The van der Waals surface area contributed by atoms with Gasteiger partial charge in [0.25, 0.3) is 0 Å². The van der Waals surface area contributed by atoms with Crippen molar-refractivity contribution >= 4 is 16.7 Å². The van der Waals surface area contributed by atoms with Crippen molar-refractivity contribution in [2.45, 2.75) is 33.1 Å². The Labute approximate surface area is 111 Å². The summed E-state index contributed by atoms with van der Waals surface area (Å²) in [6.07, 6.45) is 0. The predicted octanol–water partition coefficient (Wildman–Crippen LogP) is 3.48. The maximum atomic E-state index is 12.3. The third-order valence-electron chi connectivity index (χ3n) is 4.88. The van der Waals surface area contributed by atoms with Crippen molar-refractivity contribution in [3.8, 4) is 0 Å². The molecule has 1 aromatic carbocycles. The average Bonchev–Trinajstić information content (AvgIpc) is 2.48. The van der Waals surface area contributed by atoms with Gasteiger partial charge in [-0.2, -0.15) is 0 Å². The van der Waals surface area contributed by atoms with Gasteiger partial charge in [0, 0.05) is 27.5 Å². The molecule has 98 valence electrons. The van der Waals surface area contributed by atoms with Crippen LogP contribution in [0.5, 0.6) is 0 Å². The first kappa shape index (κ1) is 12.2. The molecule has 0 amide bonds.